The lowest BCUT2D eigenvalue weighted by Crippen LogP contribution is -2.57. The highest BCUT2D eigenvalue weighted by Gasteiger charge is 2.45. The summed E-state index contributed by atoms with van der Waals surface area (Å²) >= 11 is 5.91. The number of piperazine rings is 1. The highest BCUT2D eigenvalue weighted by Crippen LogP contribution is 2.43. The molecule has 0 saturated carbocycles. The summed E-state index contributed by atoms with van der Waals surface area (Å²) in [7, 11) is 0. The maximum atomic E-state index is 14.3. The lowest BCUT2D eigenvalue weighted by atomic mass is 9.72. The third kappa shape index (κ3) is 3.88. The number of aliphatic hydroxyl groups is 1. The molecule has 7 nitrogen and oxygen atoms in total. The fraction of sp³-hybridized carbons (Fsp3) is 0.542. The first-order chi connectivity index (χ1) is 15.9. The molecule has 2 N–H and O–H groups in total. The van der Waals surface area contributed by atoms with Gasteiger partial charge in [0.05, 0.1) is 22.2 Å². The number of piperidine rings is 1. The molecule has 176 valence electrons. The molecule has 1 aromatic heterocycles. The van der Waals surface area contributed by atoms with E-state index >= 15 is 0 Å². The topological polar surface area (TPSA) is 81.6 Å². The van der Waals surface area contributed by atoms with E-state index in [4.69, 9.17) is 11.6 Å². The van der Waals surface area contributed by atoms with Crippen molar-refractivity contribution in [1.29, 1.82) is 0 Å². The van der Waals surface area contributed by atoms with E-state index in [2.05, 4.69) is 27.1 Å². The van der Waals surface area contributed by atoms with Gasteiger partial charge in [-0.25, -0.2) is 14.4 Å². The maximum absolute atomic E-state index is 14.3. The van der Waals surface area contributed by atoms with E-state index < -0.39 is 17.3 Å². The van der Waals surface area contributed by atoms with E-state index in [9.17, 15) is 14.3 Å². The number of amides is 1. The highest BCUT2D eigenvalue weighted by molar-refractivity contribution is 6.30. The minimum atomic E-state index is -0.742. The first kappa shape index (κ1) is 22.5. The number of aliphatic hydroxyl groups excluding tert-OH is 1. The van der Waals surface area contributed by atoms with Gasteiger partial charge in [-0.15, -0.1) is 0 Å². The Kier molecular flexibility index (Phi) is 6.01. The van der Waals surface area contributed by atoms with Crippen molar-refractivity contribution >= 4 is 23.3 Å². The lowest BCUT2D eigenvalue weighted by molar-refractivity contribution is -0.139. The molecule has 0 unspecified atom stereocenters. The predicted molar refractivity (Wildman–Crippen MR) is 124 cm³/mol. The number of carbonyl (C=O) groups is 1. The van der Waals surface area contributed by atoms with Gasteiger partial charge in [0.2, 0.25) is 5.91 Å². The summed E-state index contributed by atoms with van der Waals surface area (Å²) in [6, 6.07) is 4.77. The summed E-state index contributed by atoms with van der Waals surface area (Å²) < 4.78 is 14.3. The van der Waals surface area contributed by atoms with E-state index in [0.29, 0.717) is 64.1 Å². The van der Waals surface area contributed by atoms with Crippen LogP contribution < -0.4 is 10.2 Å². The fourth-order valence-corrected chi connectivity index (χ4v) is 5.77. The van der Waals surface area contributed by atoms with Gasteiger partial charge in [-0.3, -0.25) is 4.79 Å². The average molecular weight is 474 g/mol. The van der Waals surface area contributed by atoms with Crippen LogP contribution in [0.4, 0.5) is 10.2 Å². The molecule has 2 atom stereocenters. The Labute approximate surface area is 198 Å². The van der Waals surface area contributed by atoms with Crippen molar-refractivity contribution in [3.8, 4) is 0 Å². The van der Waals surface area contributed by atoms with Gasteiger partial charge in [-0.05, 0) is 56.0 Å². The fourth-order valence-electron chi connectivity index (χ4n) is 5.65. The van der Waals surface area contributed by atoms with Crippen LogP contribution in [0.15, 0.2) is 24.5 Å². The normalized spacial score (nSPS) is 24.6. The van der Waals surface area contributed by atoms with Crippen molar-refractivity contribution in [2.45, 2.75) is 43.6 Å². The second-order valence-corrected chi connectivity index (χ2v) is 9.80. The lowest BCUT2D eigenvalue weighted by Gasteiger charge is -2.43. The van der Waals surface area contributed by atoms with Crippen molar-refractivity contribution in [3.05, 3.63) is 52.2 Å². The van der Waals surface area contributed by atoms with Crippen molar-refractivity contribution < 1.29 is 14.3 Å². The highest BCUT2D eigenvalue weighted by atomic mass is 35.5. The van der Waals surface area contributed by atoms with Crippen molar-refractivity contribution in [3.63, 3.8) is 0 Å². The minimum Gasteiger partial charge on any atom is -0.387 e. The zero-order valence-corrected chi connectivity index (χ0v) is 19.5. The second-order valence-electron chi connectivity index (χ2n) is 9.39. The van der Waals surface area contributed by atoms with Crippen LogP contribution in [0.2, 0.25) is 5.02 Å². The number of anilines is 1. The number of hydrogen-bond donors (Lipinski definition) is 2. The van der Waals surface area contributed by atoms with Crippen LogP contribution in [0.1, 0.15) is 55.0 Å². The van der Waals surface area contributed by atoms with E-state index in [1.807, 2.05) is 4.90 Å². The molecule has 0 spiro atoms. The molecular formula is C24H29ClFN5O2. The van der Waals surface area contributed by atoms with E-state index in [-0.39, 0.29) is 16.8 Å². The Morgan fingerprint density at radius 3 is 2.64 bits per heavy atom. The summed E-state index contributed by atoms with van der Waals surface area (Å²) in [5, 5.41) is 13.7. The smallest absolute Gasteiger partial charge is 0.233 e. The molecule has 2 saturated heterocycles. The van der Waals surface area contributed by atoms with E-state index in [1.165, 1.54) is 12.4 Å². The largest absolute Gasteiger partial charge is 0.387 e. The molecule has 1 aliphatic carbocycles. The molecule has 2 aromatic rings. The number of halogens is 2. The molecule has 5 rings (SSSR count). The molecule has 3 heterocycles. The minimum absolute atomic E-state index is 0.0575. The maximum Gasteiger partial charge on any atom is 0.233 e. The molecule has 1 amide bonds. The Hall–Kier alpha value is -2.29. The average Bonchev–Trinajstić information content (AvgIpc) is 3.14. The van der Waals surface area contributed by atoms with Gasteiger partial charge in [0, 0.05) is 31.7 Å². The summed E-state index contributed by atoms with van der Waals surface area (Å²) in [6.07, 6.45) is 2.89. The monoisotopic (exact) mass is 473 g/mol. The van der Waals surface area contributed by atoms with Crippen molar-refractivity contribution in [1.82, 2.24) is 20.2 Å². The molecule has 0 bridgehead atoms. The van der Waals surface area contributed by atoms with Crippen LogP contribution >= 0.6 is 11.6 Å². The number of nitrogens with one attached hydrogen (secondary N) is 1. The van der Waals surface area contributed by atoms with Crippen molar-refractivity contribution in [2.75, 3.05) is 44.2 Å². The third-order valence-corrected chi connectivity index (χ3v) is 7.79. The summed E-state index contributed by atoms with van der Waals surface area (Å²) in [5.74, 6) is 0.636. The van der Waals surface area contributed by atoms with Gasteiger partial charge in [0.25, 0.3) is 0 Å². The molecule has 0 radical (unpaired) electrons. The Balaban J connectivity index is 1.36. The van der Waals surface area contributed by atoms with Gasteiger partial charge in [-0.2, -0.15) is 0 Å². The summed E-state index contributed by atoms with van der Waals surface area (Å²) in [4.78, 5) is 26.8. The van der Waals surface area contributed by atoms with Gasteiger partial charge in [-0.1, -0.05) is 24.6 Å². The van der Waals surface area contributed by atoms with Crippen LogP contribution in [-0.4, -0.2) is 65.2 Å². The van der Waals surface area contributed by atoms with Crippen LogP contribution in [-0.2, 0) is 10.2 Å². The molecule has 2 aliphatic heterocycles. The number of aromatic nitrogens is 2. The number of carbonyl (C=O) groups excluding carboxylic acids is 1. The van der Waals surface area contributed by atoms with Crippen LogP contribution in [0, 0.1) is 5.82 Å². The number of hydrogen-bond acceptors (Lipinski definition) is 6. The zero-order chi connectivity index (χ0) is 23.2. The summed E-state index contributed by atoms with van der Waals surface area (Å²) in [6.45, 7) is 5.96. The molecule has 1 aromatic carbocycles. The summed E-state index contributed by atoms with van der Waals surface area (Å²) in [5.41, 5.74) is 1.71. The van der Waals surface area contributed by atoms with Gasteiger partial charge < -0.3 is 20.2 Å². The first-order valence-electron chi connectivity index (χ1n) is 11.6. The van der Waals surface area contributed by atoms with E-state index in [0.717, 1.165) is 17.1 Å². The SMILES string of the molecule is C[C@@H]1C[C@@H](O)c2ncnc(N3CCN(C(=O)C4(c5ccc(Cl)c(F)c5)CCNCC4)CC3)c21. The third-order valence-electron chi connectivity index (χ3n) is 7.48. The molecule has 3 aliphatic rings. The first-order valence-corrected chi connectivity index (χ1v) is 12.0. The quantitative estimate of drug-likeness (QED) is 0.713. The van der Waals surface area contributed by atoms with Crippen LogP contribution in [0.25, 0.3) is 0 Å². The molecule has 2 fully saturated rings. The number of benzene rings is 1. The van der Waals surface area contributed by atoms with Crippen LogP contribution in [0.5, 0.6) is 0 Å². The van der Waals surface area contributed by atoms with E-state index in [1.54, 1.807) is 12.1 Å². The predicted octanol–water partition coefficient (Wildman–Crippen LogP) is 2.78. The van der Waals surface area contributed by atoms with Gasteiger partial charge in [0.15, 0.2) is 0 Å². The number of rotatable bonds is 3. The Bertz CT molecular complexity index is 1050. The second kappa shape index (κ2) is 8.81. The van der Waals surface area contributed by atoms with Gasteiger partial charge in [0.1, 0.15) is 18.0 Å². The number of nitrogens with zero attached hydrogens (tertiary/aromatic N) is 4. The Morgan fingerprint density at radius 1 is 1.21 bits per heavy atom. The zero-order valence-electron chi connectivity index (χ0n) is 18.7. The van der Waals surface area contributed by atoms with Crippen molar-refractivity contribution in [2.24, 2.45) is 0 Å². The van der Waals surface area contributed by atoms with Gasteiger partial charge >= 0.3 is 0 Å². The van der Waals surface area contributed by atoms with Crippen LogP contribution in [0.3, 0.4) is 0 Å². The number of fused-ring (bicyclic) bond motifs is 1. The Morgan fingerprint density at radius 2 is 1.94 bits per heavy atom. The molecular weight excluding hydrogens is 445 g/mol. The molecule has 9 heteroatoms. The molecule has 33 heavy (non-hydrogen) atoms. The standard InChI is InChI=1S/C24H29ClFN5O2/c1-15-12-19(32)21-20(15)22(29-14-28-21)30-8-10-31(11-9-30)23(33)24(4-6-27-7-5-24)16-2-3-17(25)18(26)13-16/h2-3,13-15,19,27,32H,4-12H2,1H3/t15-,19-/m1/s1.